The van der Waals surface area contributed by atoms with Crippen molar-refractivity contribution in [3.8, 4) is 11.1 Å². The Morgan fingerprint density at radius 1 is 1.32 bits per heavy atom. The Labute approximate surface area is 208 Å². The highest BCUT2D eigenvalue weighted by atomic mass is 35.5. The molecule has 1 fully saturated rings. The molecule has 2 aromatic rings. The molecule has 34 heavy (non-hydrogen) atoms. The highest BCUT2D eigenvalue weighted by Gasteiger charge is 2.44. The van der Waals surface area contributed by atoms with Gasteiger partial charge in [-0.05, 0) is 48.4 Å². The van der Waals surface area contributed by atoms with Gasteiger partial charge in [-0.2, -0.15) is 0 Å². The van der Waals surface area contributed by atoms with Crippen molar-refractivity contribution >= 4 is 17.7 Å². The van der Waals surface area contributed by atoms with Gasteiger partial charge in [-0.3, -0.25) is 0 Å². The van der Waals surface area contributed by atoms with Crippen molar-refractivity contribution in [3.05, 3.63) is 71.3 Å². The number of unbranched alkanes of at least 4 members (excludes halogenated alkanes) is 1. The van der Waals surface area contributed by atoms with Gasteiger partial charge in [-0.25, -0.2) is 4.79 Å². The van der Waals surface area contributed by atoms with Crippen molar-refractivity contribution < 1.29 is 19.4 Å². The molecule has 1 unspecified atom stereocenters. The Morgan fingerprint density at radius 2 is 2.12 bits per heavy atom. The molecule has 1 aliphatic heterocycles. The molecule has 6 heteroatoms. The SMILES string of the molecule is C=CCC[C@@](O)(c1cccc(Cl)c1-c1cccc(CC)c1)C1CN(C(=O)OCCCC)CCO1. The molecule has 0 bridgehead atoms. The summed E-state index contributed by atoms with van der Waals surface area (Å²) in [5.74, 6) is 0. The zero-order valence-corrected chi connectivity index (χ0v) is 21.0. The van der Waals surface area contributed by atoms with Crippen LogP contribution >= 0.6 is 11.6 Å². The highest BCUT2D eigenvalue weighted by Crippen LogP contribution is 2.43. The van der Waals surface area contributed by atoms with Gasteiger partial charge in [0.05, 0.1) is 19.8 Å². The smallest absolute Gasteiger partial charge is 0.409 e. The molecule has 5 nitrogen and oxygen atoms in total. The van der Waals surface area contributed by atoms with E-state index in [0.717, 1.165) is 30.4 Å². The molecule has 1 aliphatic rings. The van der Waals surface area contributed by atoms with Crippen LogP contribution in [0.3, 0.4) is 0 Å². The maximum absolute atomic E-state index is 12.6. The van der Waals surface area contributed by atoms with Gasteiger partial charge in [0.2, 0.25) is 0 Å². The third-order valence-corrected chi connectivity index (χ3v) is 6.73. The molecule has 1 saturated heterocycles. The zero-order chi connectivity index (χ0) is 24.6. The Kier molecular flexibility index (Phi) is 9.57. The summed E-state index contributed by atoms with van der Waals surface area (Å²) in [7, 11) is 0. The molecule has 184 valence electrons. The maximum Gasteiger partial charge on any atom is 0.409 e. The molecule has 1 amide bonds. The first-order valence-corrected chi connectivity index (χ1v) is 12.6. The molecule has 3 rings (SSSR count). The van der Waals surface area contributed by atoms with Crippen LogP contribution in [0.5, 0.6) is 0 Å². The summed E-state index contributed by atoms with van der Waals surface area (Å²) in [6, 6.07) is 13.8. The Morgan fingerprint density at radius 3 is 2.85 bits per heavy atom. The number of morpholine rings is 1. The van der Waals surface area contributed by atoms with E-state index in [-0.39, 0.29) is 12.6 Å². The highest BCUT2D eigenvalue weighted by molar-refractivity contribution is 6.33. The van der Waals surface area contributed by atoms with Crippen LogP contribution in [0, 0.1) is 0 Å². The van der Waals surface area contributed by atoms with E-state index in [1.165, 1.54) is 5.56 Å². The van der Waals surface area contributed by atoms with E-state index < -0.39 is 11.7 Å². The molecule has 1 heterocycles. The molecule has 0 spiro atoms. The van der Waals surface area contributed by atoms with Gasteiger partial charge in [0, 0.05) is 17.1 Å². The molecule has 1 N–H and O–H groups in total. The van der Waals surface area contributed by atoms with Crippen LogP contribution in [-0.4, -0.2) is 48.5 Å². The number of carbonyl (C=O) groups excluding carboxylic acids is 1. The number of aryl methyl sites for hydroxylation is 1. The maximum atomic E-state index is 12.6. The fourth-order valence-corrected chi connectivity index (χ4v) is 4.70. The average Bonchev–Trinajstić information content (AvgIpc) is 2.87. The second kappa shape index (κ2) is 12.4. The number of allylic oxidation sites excluding steroid dienone is 1. The molecule has 2 atom stereocenters. The fraction of sp³-hybridized carbons (Fsp3) is 0.464. The molecule has 0 aromatic heterocycles. The van der Waals surface area contributed by atoms with Crippen LogP contribution in [0.4, 0.5) is 4.79 Å². The number of hydrogen-bond acceptors (Lipinski definition) is 4. The van der Waals surface area contributed by atoms with Gasteiger partial charge >= 0.3 is 6.09 Å². The fourth-order valence-electron chi connectivity index (χ4n) is 4.42. The number of hydrogen-bond donors (Lipinski definition) is 1. The second-order valence-corrected chi connectivity index (χ2v) is 9.15. The minimum atomic E-state index is -1.38. The normalized spacial score (nSPS) is 17.8. The lowest BCUT2D eigenvalue weighted by Crippen LogP contribution is -2.54. The number of benzene rings is 2. The van der Waals surface area contributed by atoms with Gasteiger partial charge < -0.3 is 19.5 Å². The van der Waals surface area contributed by atoms with Gasteiger partial charge in [-0.1, -0.05) is 74.3 Å². The zero-order valence-electron chi connectivity index (χ0n) is 20.3. The third-order valence-electron chi connectivity index (χ3n) is 6.41. The van der Waals surface area contributed by atoms with Gasteiger partial charge in [-0.15, -0.1) is 6.58 Å². The van der Waals surface area contributed by atoms with Gasteiger partial charge in [0.15, 0.2) is 0 Å². The van der Waals surface area contributed by atoms with E-state index in [2.05, 4.69) is 32.6 Å². The second-order valence-electron chi connectivity index (χ2n) is 8.74. The van der Waals surface area contributed by atoms with Crippen LogP contribution in [0.2, 0.25) is 5.02 Å². The molecule has 0 saturated carbocycles. The molecule has 0 aliphatic carbocycles. The molecule has 2 aromatic carbocycles. The van der Waals surface area contributed by atoms with Crippen LogP contribution in [0.25, 0.3) is 11.1 Å². The Balaban J connectivity index is 2.00. The lowest BCUT2D eigenvalue weighted by atomic mass is 9.79. The Bertz CT molecular complexity index is 979. The Hall–Kier alpha value is -2.34. The van der Waals surface area contributed by atoms with E-state index in [1.54, 1.807) is 11.0 Å². The van der Waals surface area contributed by atoms with Crippen LogP contribution in [-0.2, 0) is 21.5 Å². The van der Waals surface area contributed by atoms with Crippen molar-refractivity contribution in [2.45, 2.75) is 57.7 Å². The van der Waals surface area contributed by atoms with E-state index in [1.807, 2.05) is 30.3 Å². The first-order valence-electron chi connectivity index (χ1n) is 12.2. The van der Waals surface area contributed by atoms with E-state index in [9.17, 15) is 9.90 Å². The summed E-state index contributed by atoms with van der Waals surface area (Å²) in [5.41, 5.74) is 2.24. The van der Waals surface area contributed by atoms with Crippen molar-refractivity contribution in [2.24, 2.45) is 0 Å². The van der Waals surface area contributed by atoms with Gasteiger partial charge in [0.25, 0.3) is 0 Å². The summed E-state index contributed by atoms with van der Waals surface area (Å²) < 4.78 is 11.5. The number of carbonyl (C=O) groups is 1. The van der Waals surface area contributed by atoms with Crippen molar-refractivity contribution in [3.63, 3.8) is 0 Å². The van der Waals surface area contributed by atoms with E-state index in [0.29, 0.717) is 43.2 Å². The van der Waals surface area contributed by atoms with Crippen molar-refractivity contribution in [1.29, 1.82) is 0 Å². The number of nitrogens with zero attached hydrogens (tertiary/aromatic N) is 1. The van der Waals surface area contributed by atoms with Crippen LogP contribution in [0.1, 0.15) is 50.7 Å². The molecular weight excluding hydrogens is 450 g/mol. The van der Waals surface area contributed by atoms with Crippen molar-refractivity contribution in [2.75, 3.05) is 26.3 Å². The first kappa shape index (κ1) is 26.3. The molecule has 0 radical (unpaired) electrons. The number of halogens is 1. The standard InChI is InChI=1S/C28H36ClNO4/c1-4-7-15-28(32,25-20-30(16-18-33-25)27(31)34-17-8-5-2)23-13-10-14-24(29)26(23)22-12-9-11-21(6-3)19-22/h4,9-14,19,25,32H,1,5-8,15-18,20H2,2-3H3/t25?,28-/m1/s1. The predicted molar refractivity (Wildman–Crippen MR) is 137 cm³/mol. The largest absolute Gasteiger partial charge is 0.449 e. The number of aliphatic hydroxyl groups is 1. The predicted octanol–water partition coefficient (Wildman–Crippen LogP) is 6.36. The molecular formula is C28H36ClNO4. The van der Waals surface area contributed by atoms with Gasteiger partial charge in [0.1, 0.15) is 11.7 Å². The van der Waals surface area contributed by atoms with Crippen LogP contribution in [0.15, 0.2) is 55.1 Å². The minimum absolute atomic E-state index is 0.236. The average molecular weight is 486 g/mol. The summed E-state index contributed by atoms with van der Waals surface area (Å²) in [6.45, 7) is 9.39. The van der Waals surface area contributed by atoms with Crippen LogP contribution < -0.4 is 0 Å². The summed E-state index contributed by atoms with van der Waals surface area (Å²) in [4.78, 5) is 14.3. The third kappa shape index (κ3) is 6.01. The lowest BCUT2D eigenvalue weighted by Gasteiger charge is -2.43. The first-order chi connectivity index (χ1) is 16.4. The monoisotopic (exact) mass is 485 g/mol. The number of rotatable bonds is 10. The summed E-state index contributed by atoms with van der Waals surface area (Å²) in [6.07, 6.45) is 4.43. The topological polar surface area (TPSA) is 59.0 Å². The van der Waals surface area contributed by atoms with E-state index in [4.69, 9.17) is 21.1 Å². The summed E-state index contributed by atoms with van der Waals surface area (Å²) in [5, 5.41) is 12.8. The van der Waals surface area contributed by atoms with Crippen molar-refractivity contribution in [1.82, 2.24) is 4.90 Å². The lowest BCUT2D eigenvalue weighted by molar-refractivity contribution is -0.147. The number of amides is 1. The number of ether oxygens (including phenoxy) is 2. The quantitative estimate of drug-likeness (QED) is 0.314. The summed E-state index contributed by atoms with van der Waals surface area (Å²) >= 11 is 6.73. The minimum Gasteiger partial charge on any atom is -0.449 e. The van der Waals surface area contributed by atoms with E-state index >= 15 is 0 Å².